The predicted octanol–water partition coefficient (Wildman–Crippen LogP) is 2.37. The van der Waals surface area contributed by atoms with Crippen molar-refractivity contribution in [2.45, 2.75) is 31.8 Å². The molecule has 0 radical (unpaired) electrons. The zero-order valence-electron chi connectivity index (χ0n) is 15.3. The lowest BCUT2D eigenvalue weighted by atomic mass is 9.98. The SMILES string of the molecule is CN1CCC[C@H](CNC(=O)N2CCO[C@@H](CCc3ccccc3)C2)C1. The number of urea groups is 1. The summed E-state index contributed by atoms with van der Waals surface area (Å²) >= 11 is 0. The van der Waals surface area contributed by atoms with Gasteiger partial charge in [-0.1, -0.05) is 30.3 Å². The lowest BCUT2D eigenvalue weighted by molar-refractivity contribution is -0.0177. The number of piperidine rings is 1. The van der Waals surface area contributed by atoms with Crippen LogP contribution in [0.25, 0.3) is 0 Å². The van der Waals surface area contributed by atoms with Crippen LogP contribution in [0.4, 0.5) is 4.79 Å². The standard InChI is InChI=1S/C20H31N3O2/c1-22-11-5-8-18(15-22)14-21-20(24)23-12-13-25-19(16-23)10-9-17-6-3-2-4-7-17/h2-4,6-7,18-19H,5,8-16H2,1H3,(H,21,24)/t18-,19+/m1/s1. The van der Waals surface area contributed by atoms with Crippen LogP contribution < -0.4 is 5.32 Å². The molecule has 0 aromatic heterocycles. The van der Waals surface area contributed by atoms with Crippen LogP contribution in [-0.4, -0.2) is 68.3 Å². The molecule has 1 N–H and O–H groups in total. The van der Waals surface area contributed by atoms with Crippen molar-refractivity contribution in [2.75, 3.05) is 46.4 Å². The molecule has 3 rings (SSSR count). The van der Waals surface area contributed by atoms with Crippen LogP contribution in [0.15, 0.2) is 30.3 Å². The topological polar surface area (TPSA) is 44.8 Å². The molecule has 25 heavy (non-hydrogen) atoms. The van der Waals surface area contributed by atoms with E-state index in [0.29, 0.717) is 25.6 Å². The van der Waals surface area contributed by atoms with Gasteiger partial charge in [0.2, 0.25) is 0 Å². The van der Waals surface area contributed by atoms with Gasteiger partial charge in [0.1, 0.15) is 0 Å². The van der Waals surface area contributed by atoms with Crippen molar-refractivity contribution in [3.8, 4) is 0 Å². The number of likely N-dealkylation sites (tertiary alicyclic amines) is 1. The number of aryl methyl sites for hydroxylation is 1. The van der Waals surface area contributed by atoms with Gasteiger partial charge >= 0.3 is 6.03 Å². The zero-order valence-corrected chi connectivity index (χ0v) is 15.3. The molecule has 138 valence electrons. The van der Waals surface area contributed by atoms with Crippen LogP contribution in [-0.2, 0) is 11.2 Å². The van der Waals surface area contributed by atoms with Gasteiger partial charge in [-0.3, -0.25) is 0 Å². The van der Waals surface area contributed by atoms with Crippen molar-refractivity contribution in [3.63, 3.8) is 0 Å². The third-order valence-corrected chi connectivity index (χ3v) is 5.29. The minimum Gasteiger partial charge on any atom is -0.375 e. The van der Waals surface area contributed by atoms with Gasteiger partial charge in [0, 0.05) is 26.2 Å². The number of nitrogens with zero attached hydrogens (tertiary/aromatic N) is 2. The number of carbonyl (C=O) groups excluding carboxylic acids is 1. The Hall–Kier alpha value is -1.59. The van der Waals surface area contributed by atoms with E-state index in [4.69, 9.17) is 4.74 Å². The highest BCUT2D eigenvalue weighted by Crippen LogP contribution is 2.15. The second-order valence-corrected chi connectivity index (χ2v) is 7.42. The van der Waals surface area contributed by atoms with E-state index in [1.165, 1.54) is 24.9 Å². The fraction of sp³-hybridized carbons (Fsp3) is 0.650. The predicted molar refractivity (Wildman–Crippen MR) is 99.7 cm³/mol. The molecule has 0 spiro atoms. The number of benzene rings is 1. The number of amides is 2. The molecule has 5 nitrogen and oxygen atoms in total. The monoisotopic (exact) mass is 345 g/mol. The average molecular weight is 345 g/mol. The van der Waals surface area contributed by atoms with Gasteiger partial charge in [0.05, 0.1) is 12.7 Å². The van der Waals surface area contributed by atoms with Gasteiger partial charge < -0.3 is 19.9 Å². The minimum absolute atomic E-state index is 0.0706. The Labute approximate surface area is 151 Å². The Morgan fingerprint density at radius 2 is 2.08 bits per heavy atom. The van der Waals surface area contributed by atoms with Crippen molar-refractivity contribution in [1.82, 2.24) is 15.1 Å². The maximum Gasteiger partial charge on any atom is 0.317 e. The summed E-state index contributed by atoms with van der Waals surface area (Å²) in [4.78, 5) is 16.8. The van der Waals surface area contributed by atoms with Gasteiger partial charge in [-0.15, -0.1) is 0 Å². The first-order valence-corrected chi connectivity index (χ1v) is 9.57. The molecule has 2 heterocycles. The molecule has 2 saturated heterocycles. The summed E-state index contributed by atoms with van der Waals surface area (Å²) in [5.74, 6) is 0.581. The summed E-state index contributed by atoms with van der Waals surface area (Å²) in [6.07, 6.45) is 4.54. The average Bonchev–Trinajstić information content (AvgIpc) is 2.65. The van der Waals surface area contributed by atoms with Gasteiger partial charge in [-0.05, 0) is 50.8 Å². The highest BCUT2D eigenvalue weighted by molar-refractivity contribution is 5.74. The largest absolute Gasteiger partial charge is 0.375 e. The second-order valence-electron chi connectivity index (χ2n) is 7.42. The number of ether oxygens (including phenoxy) is 1. The first-order chi connectivity index (χ1) is 12.2. The number of hydrogen-bond donors (Lipinski definition) is 1. The second kappa shape index (κ2) is 9.20. The maximum atomic E-state index is 12.5. The van der Waals surface area contributed by atoms with E-state index in [0.717, 1.165) is 25.9 Å². The number of nitrogens with one attached hydrogen (secondary N) is 1. The molecule has 2 aliphatic heterocycles. The quantitative estimate of drug-likeness (QED) is 0.891. The number of morpholine rings is 1. The summed E-state index contributed by atoms with van der Waals surface area (Å²) in [7, 11) is 2.16. The molecule has 2 aliphatic rings. The van der Waals surface area contributed by atoms with Crippen LogP contribution in [0.2, 0.25) is 0 Å². The first-order valence-electron chi connectivity index (χ1n) is 9.57. The van der Waals surface area contributed by atoms with Crippen molar-refractivity contribution in [3.05, 3.63) is 35.9 Å². The van der Waals surface area contributed by atoms with E-state index in [2.05, 4.69) is 41.5 Å². The Morgan fingerprint density at radius 1 is 1.24 bits per heavy atom. The molecule has 1 aromatic rings. The lowest BCUT2D eigenvalue weighted by Crippen LogP contribution is -2.51. The van der Waals surface area contributed by atoms with Crippen LogP contribution in [0.1, 0.15) is 24.8 Å². The van der Waals surface area contributed by atoms with Crippen molar-refractivity contribution < 1.29 is 9.53 Å². The van der Waals surface area contributed by atoms with Gasteiger partial charge in [-0.25, -0.2) is 4.79 Å². The van der Waals surface area contributed by atoms with E-state index in [-0.39, 0.29) is 12.1 Å². The summed E-state index contributed by atoms with van der Waals surface area (Å²) in [6, 6.07) is 10.5. The van der Waals surface area contributed by atoms with Crippen LogP contribution in [0.5, 0.6) is 0 Å². The molecule has 2 fully saturated rings. The number of rotatable bonds is 5. The third-order valence-electron chi connectivity index (χ3n) is 5.29. The van der Waals surface area contributed by atoms with E-state index < -0.39 is 0 Å². The highest BCUT2D eigenvalue weighted by atomic mass is 16.5. The Bertz CT molecular complexity index is 537. The van der Waals surface area contributed by atoms with Crippen LogP contribution in [0, 0.1) is 5.92 Å². The zero-order chi connectivity index (χ0) is 17.5. The molecule has 0 bridgehead atoms. The van der Waals surface area contributed by atoms with Crippen molar-refractivity contribution >= 4 is 6.03 Å². The van der Waals surface area contributed by atoms with Crippen LogP contribution >= 0.6 is 0 Å². The van der Waals surface area contributed by atoms with Gasteiger partial charge in [-0.2, -0.15) is 0 Å². The summed E-state index contributed by atoms with van der Waals surface area (Å²) in [5, 5.41) is 3.14. The summed E-state index contributed by atoms with van der Waals surface area (Å²) in [5.41, 5.74) is 1.33. The van der Waals surface area contributed by atoms with Gasteiger partial charge in [0.25, 0.3) is 0 Å². The summed E-state index contributed by atoms with van der Waals surface area (Å²) < 4.78 is 5.86. The van der Waals surface area contributed by atoms with E-state index in [1.807, 2.05) is 11.0 Å². The van der Waals surface area contributed by atoms with Gasteiger partial charge in [0.15, 0.2) is 0 Å². The van der Waals surface area contributed by atoms with E-state index in [1.54, 1.807) is 0 Å². The maximum absolute atomic E-state index is 12.5. The Kier molecular flexibility index (Phi) is 6.70. The fourth-order valence-electron chi connectivity index (χ4n) is 3.83. The van der Waals surface area contributed by atoms with Crippen molar-refractivity contribution in [1.29, 1.82) is 0 Å². The first kappa shape index (κ1) is 18.2. The van der Waals surface area contributed by atoms with Crippen LogP contribution in [0.3, 0.4) is 0 Å². The molecule has 0 saturated carbocycles. The normalized spacial score (nSPS) is 24.9. The molecule has 1 aromatic carbocycles. The summed E-state index contributed by atoms with van der Waals surface area (Å²) in [6.45, 7) is 5.08. The van der Waals surface area contributed by atoms with E-state index in [9.17, 15) is 4.79 Å². The lowest BCUT2D eigenvalue weighted by Gasteiger charge is -2.34. The fourth-order valence-corrected chi connectivity index (χ4v) is 3.83. The molecule has 0 aliphatic carbocycles. The van der Waals surface area contributed by atoms with Crippen molar-refractivity contribution in [2.24, 2.45) is 5.92 Å². The third kappa shape index (κ3) is 5.72. The number of carbonyl (C=O) groups is 1. The minimum atomic E-state index is 0.0706. The van der Waals surface area contributed by atoms with E-state index >= 15 is 0 Å². The molecular weight excluding hydrogens is 314 g/mol. The molecular formula is C20H31N3O2. The molecule has 0 unspecified atom stereocenters. The molecule has 2 atom stereocenters. The highest BCUT2D eigenvalue weighted by Gasteiger charge is 2.25. The Balaban J connectivity index is 1.40. The molecule has 2 amide bonds. The smallest absolute Gasteiger partial charge is 0.317 e. The Morgan fingerprint density at radius 3 is 2.88 bits per heavy atom. The molecule has 5 heteroatoms. The number of hydrogen-bond acceptors (Lipinski definition) is 3.